The van der Waals surface area contributed by atoms with Gasteiger partial charge in [-0.05, 0) is 25.9 Å². The quantitative estimate of drug-likeness (QED) is 0.856. The van der Waals surface area contributed by atoms with Crippen molar-refractivity contribution in [3.63, 3.8) is 0 Å². The number of amides is 1. The van der Waals surface area contributed by atoms with Crippen LogP contribution in [0.2, 0.25) is 0 Å². The molecule has 2 aliphatic heterocycles. The highest BCUT2D eigenvalue weighted by atomic mass is 16.5. The number of pyridine rings is 1. The number of hydrogen-bond donors (Lipinski definition) is 1. The molecule has 1 aromatic heterocycles. The van der Waals surface area contributed by atoms with Gasteiger partial charge in [-0.25, -0.2) is 0 Å². The van der Waals surface area contributed by atoms with E-state index in [1.54, 1.807) is 24.4 Å². The topological polar surface area (TPSA) is 63.7 Å². The first-order valence-corrected chi connectivity index (χ1v) is 6.87. The van der Waals surface area contributed by atoms with E-state index in [2.05, 4.69) is 10.3 Å². The van der Waals surface area contributed by atoms with Crippen LogP contribution < -0.4 is 15.0 Å². The lowest BCUT2D eigenvalue weighted by Crippen LogP contribution is -2.58. The Labute approximate surface area is 118 Å². The maximum absolute atomic E-state index is 12.1. The van der Waals surface area contributed by atoms with Crippen LogP contribution in [0.15, 0.2) is 18.5 Å². The average molecular weight is 277 g/mol. The summed E-state index contributed by atoms with van der Waals surface area (Å²) in [5.74, 6) is 0.630. The van der Waals surface area contributed by atoms with Gasteiger partial charge in [0.05, 0.1) is 37.3 Å². The Hall–Kier alpha value is -1.66. The fourth-order valence-electron chi connectivity index (χ4n) is 2.80. The fourth-order valence-corrected chi connectivity index (χ4v) is 2.80. The van der Waals surface area contributed by atoms with E-state index < -0.39 is 0 Å². The Morgan fingerprint density at radius 2 is 2.20 bits per heavy atom. The van der Waals surface area contributed by atoms with Gasteiger partial charge in [-0.3, -0.25) is 9.78 Å². The lowest BCUT2D eigenvalue weighted by atomic mass is 9.90. The molecule has 1 aromatic rings. The van der Waals surface area contributed by atoms with E-state index in [-0.39, 0.29) is 18.1 Å². The van der Waals surface area contributed by atoms with Crippen molar-refractivity contribution in [2.45, 2.75) is 18.4 Å². The van der Waals surface area contributed by atoms with Crippen LogP contribution >= 0.6 is 0 Å². The van der Waals surface area contributed by atoms with Crippen molar-refractivity contribution in [2.75, 3.05) is 38.3 Å². The number of nitrogens with zero attached hydrogens (tertiary/aromatic N) is 2. The zero-order valence-electron chi connectivity index (χ0n) is 11.6. The maximum Gasteiger partial charge on any atom is 0.253 e. The molecule has 20 heavy (non-hydrogen) atoms. The highest BCUT2D eigenvalue weighted by Gasteiger charge is 2.41. The molecule has 2 aliphatic rings. The van der Waals surface area contributed by atoms with Gasteiger partial charge in [0.2, 0.25) is 0 Å². The van der Waals surface area contributed by atoms with E-state index in [1.165, 1.54) is 0 Å². The second kappa shape index (κ2) is 5.38. The molecule has 2 saturated heterocycles. The molecule has 6 heteroatoms. The number of anilines is 1. The van der Waals surface area contributed by atoms with Crippen LogP contribution in [0, 0.1) is 0 Å². The molecule has 0 bridgehead atoms. The Balaban J connectivity index is 1.84. The Kier molecular flexibility index (Phi) is 3.58. The summed E-state index contributed by atoms with van der Waals surface area (Å²) in [6.07, 6.45) is 5.18. The van der Waals surface area contributed by atoms with Crippen molar-refractivity contribution < 1.29 is 14.3 Å². The van der Waals surface area contributed by atoms with Gasteiger partial charge in [0, 0.05) is 6.07 Å². The third-order valence-corrected chi connectivity index (χ3v) is 4.01. The molecule has 1 amide bonds. The molecule has 0 aromatic carbocycles. The van der Waals surface area contributed by atoms with Gasteiger partial charge in [0.25, 0.3) is 5.91 Å². The Morgan fingerprint density at radius 1 is 1.40 bits per heavy atom. The Morgan fingerprint density at radius 3 is 2.95 bits per heavy atom. The number of carbonyl (C=O) groups is 1. The molecule has 3 heterocycles. The number of ether oxygens (including phenoxy) is 2. The SMILES string of the molecule is COc1cncc(N2CC3(CCNCC3)OCC2=O)c1. The molecular formula is C14H19N3O3. The number of hydrogen-bond acceptors (Lipinski definition) is 5. The van der Waals surface area contributed by atoms with E-state index in [9.17, 15) is 4.79 Å². The first-order valence-electron chi connectivity index (χ1n) is 6.87. The fraction of sp³-hybridized carbons (Fsp3) is 0.571. The average Bonchev–Trinajstić information content (AvgIpc) is 2.51. The van der Waals surface area contributed by atoms with E-state index in [0.717, 1.165) is 31.6 Å². The van der Waals surface area contributed by atoms with Crippen molar-refractivity contribution in [3.05, 3.63) is 18.5 Å². The second-order valence-corrected chi connectivity index (χ2v) is 5.28. The van der Waals surface area contributed by atoms with Crippen LogP contribution in [0.25, 0.3) is 0 Å². The minimum absolute atomic E-state index is 0.0239. The summed E-state index contributed by atoms with van der Waals surface area (Å²) in [4.78, 5) is 18.0. The van der Waals surface area contributed by atoms with E-state index in [1.807, 2.05) is 6.07 Å². The monoisotopic (exact) mass is 277 g/mol. The number of aromatic nitrogens is 1. The van der Waals surface area contributed by atoms with Crippen LogP contribution in [-0.2, 0) is 9.53 Å². The summed E-state index contributed by atoms with van der Waals surface area (Å²) in [6.45, 7) is 2.58. The van der Waals surface area contributed by atoms with Crippen molar-refractivity contribution >= 4 is 11.6 Å². The summed E-state index contributed by atoms with van der Waals surface area (Å²) in [5, 5.41) is 3.32. The smallest absolute Gasteiger partial charge is 0.253 e. The van der Waals surface area contributed by atoms with Gasteiger partial charge in [0.1, 0.15) is 12.4 Å². The van der Waals surface area contributed by atoms with Crippen LogP contribution in [0.3, 0.4) is 0 Å². The molecular weight excluding hydrogens is 258 g/mol. The second-order valence-electron chi connectivity index (χ2n) is 5.28. The van der Waals surface area contributed by atoms with Crippen LogP contribution in [0.4, 0.5) is 5.69 Å². The number of carbonyl (C=O) groups excluding carboxylic acids is 1. The van der Waals surface area contributed by atoms with Crippen LogP contribution in [0.1, 0.15) is 12.8 Å². The number of methoxy groups -OCH3 is 1. The molecule has 0 atom stereocenters. The number of nitrogens with one attached hydrogen (secondary N) is 1. The highest BCUT2D eigenvalue weighted by molar-refractivity contribution is 5.95. The molecule has 0 unspecified atom stereocenters. The molecule has 3 rings (SSSR count). The summed E-state index contributed by atoms with van der Waals surface area (Å²) < 4.78 is 11.0. The van der Waals surface area contributed by atoms with Gasteiger partial charge in [0.15, 0.2) is 0 Å². The zero-order valence-corrected chi connectivity index (χ0v) is 11.6. The number of rotatable bonds is 2. The maximum atomic E-state index is 12.1. The van der Waals surface area contributed by atoms with E-state index >= 15 is 0 Å². The molecule has 0 aliphatic carbocycles. The van der Waals surface area contributed by atoms with Gasteiger partial charge in [-0.15, -0.1) is 0 Å². The first-order chi connectivity index (χ1) is 9.72. The van der Waals surface area contributed by atoms with Gasteiger partial charge < -0.3 is 19.7 Å². The van der Waals surface area contributed by atoms with Crippen molar-refractivity contribution in [1.82, 2.24) is 10.3 Å². The van der Waals surface area contributed by atoms with Crippen molar-refractivity contribution in [2.24, 2.45) is 0 Å². The molecule has 1 spiro atoms. The third kappa shape index (κ3) is 2.48. The molecule has 108 valence electrons. The highest BCUT2D eigenvalue weighted by Crippen LogP contribution is 2.31. The summed E-state index contributed by atoms with van der Waals surface area (Å²) in [6, 6.07) is 1.84. The predicted molar refractivity (Wildman–Crippen MR) is 73.9 cm³/mol. The van der Waals surface area contributed by atoms with Crippen LogP contribution in [-0.4, -0.2) is 49.8 Å². The minimum atomic E-state index is -0.220. The van der Waals surface area contributed by atoms with Crippen LogP contribution in [0.5, 0.6) is 5.75 Å². The minimum Gasteiger partial charge on any atom is -0.495 e. The summed E-state index contributed by atoms with van der Waals surface area (Å²) in [5.41, 5.74) is 0.554. The van der Waals surface area contributed by atoms with E-state index in [0.29, 0.717) is 12.3 Å². The molecule has 1 N–H and O–H groups in total. The third-order valence-electron chi connectivity index (χ3n) is 4.01. The lowest BCUT2D eigenvalue weighted by molar-refractivity contribution is -0.141. The number of morpholine rings is 1. The predicted octanol–water partition coefficient (Wildman–Crippen LogP) is 0.576. The standard InChI is InChI=1S/C14H19N3O3/c1-19-12-6-11(7-16-8-12)17-10-14(20-9-13(17)18)2-4-15-5-3-14/h6-8,15H,2-5,9-10H2,1H3. The largest absolute Gasteiger partial charge is 0.495 e. The molecule has 2 fully saturated rings. The van der Waals surface area contributed by atoms with Gasteiger partial charge >= 0.3 is 0 Å². The first kappa shape index (κ1) is 13.3. The summed E-state index contributed by atoms with van der Waals surface area (Å²) in [7, 11) is 1.59. The Bertz CT molecular complexity index is 500. The summed E-state index contributed by atoms with van der Waals surface area (Å²) >= 11 is 0. The van der Waals surface area contributed by atoms with Crippen molar-refractivity contribution in [1.29, 1.82) is 0 Å². The van der Waals surface area contributed by atoms with Gasteiger partial charge in [-0.1, -0.05) is 0 Å². The molecule has 0 saturated carbocycles. The lowest BCUT2D eigenvalue weighted by Gasteiger charge is -2.44. The normalized spacial score (nSPS) is 22.1. The molecule has 6 nitrogen and oxygen atoms in total. The molecule has 0 radical (unpaired) electrons. The van der Waals surface area contributed by atoms with E-state index in [4.69, 9.17) is 9.47 Å². The van der Waals surface area contributed by atoms with Gasteiger partial charge in [-0.2, -0.15) is 0 Å². The van der Waals surface area contributed by atoms with Crippen molar-refractivity contribution in [3.8, 4) is 5.75 Å². The zero-order chi connectivity index (χ0) is 14.0. The number of piperidine rings is 1.